The summed E-state index contributed by atoms with van der Waals surface area (Å²) in [6.07, 6.45) is 7.40. The van der Waals surface area contributed by atoms with Gasteiger partial charge in [0.2, 0.25) is 0 Å². The maximum Gasteiger partial charge on any atom is 0.113 e. The normalized spacial score (nSPS) is 17.7. The van der Waals surface area contributed by atoms with E-state index in [9.17, 15) is 0 Å². The fourth-order valence-corrected chi connectivity index (χ4v) is 2.71. The van der Waals surface area contributed by atoms with Gasteiger partial charge in [0, 0.05) is 30.3 Å². The van der Waals surface area contributed by atoms with Gasteiger partial charge in [-0.3, -0.25) is 0 Å². The van der Waals surface area contributed by atoms with Gasteiger partial charge in [0.05, 0.1) is 11.7 Å². The Morgan fingerprint density at radius 1 is 1.35 bits per heavy atom. The summed E-state index contributed by atoms with van der Waals surface area (Å²) in [5, 5.41) is 0. The molecule has 1 aliphatic rings. The maximum absolute atomic E-state index is 5.39. The predicted molar refractivity (Wildman–Crippen MR) is 70.1 cm³/mol. The summed E-state index contributed by atoms with van der Waals surface area (Å²) in [5.41, 5.74) is 1.16. The van der Waals surface area contributed by atoms with E-state index in [2.05, 4.69) is 43.6 Å². The van der Waals surface area contributed by atoms with Crippen molar-refractivity contribution in [3.05, 3.63) is 34.8 Å². The quantitative estimate of drug-likeness (QED) is 0.851. The van der Waals surface area contributed by atoms with Gasteiger partial charge in [0.25, 0.3) is 0 Å². The van der Waals surface area contributed by atoms with Crippen LogP contribution in [0.4, 0.5) is 0 Å². The van der Waals surface area contributed by atoms with Gasteiger partial charge < -0.3 is 9.14 Å². The summed E-state index contributed by atoms with van der Waals surface area (Å²) in [6.45, 7) is 1.80. The number of rotatable bonds is 2. The molecule has 3 heterocycles. The van der Waals surface area contributed by atoms with E-state index in [4.69, 9.17) is 4.74 Å². The van der Waals surface area contributed by atoms with Crippen LogP contribution in [-0.2, 0) is 11.2 Å². The topological polar surface area (TPSA) is 26.5 Å². The highest BCUT2D eigenvalue weighted by molar-refractivity contribution is 9.10. The molecule has 0 unspecified atom stereocenters. The lowest BCUT2D eigenvalue weighted by Crippen LogP contribution is -2.18. The highest BCUT2D eigenvalue weighted by Gasteiger charge is 2.16. The minimum Gasteiger partial charge on any atom is -0.381 e. The summed E-state index contributed by atoms with van der Waals surface area (Å²) in [7, 11) is 0. The van der Waals surface area contributed by atoms with Crippen molar-refractivity contribution in [2.24, 2.45) is 5.92 Å². The first kappa shape index (κ1) is 11.2. The molecule has 0 radical (unpaired) electrons. The molecule has 2 aromatic heterocycles. The molecule has 0 amide bonds. The SMILES string of the molecule is Brc1ccc2cnc(CC3CCOCC3)n2c1. The van der Waals surface area contributed by atoms with Gasteiger partial charge in [0.15, 0.2) is 0 Å². The summed E-state index contributed by atoms with van der Waals surface area (Å²) in [6, 6.07) is 4.14. The Hall–Kier alpha value is -0.870. The highest BCUT2D eigenvalue weighted by Crippen LogP contribution is 2.21. The minimum atomic E-state index is 0.716. The molecule has 90 valence electrons. The minimum absolute atomic E-state index is 0.716. The number of pyridine rings is 1. The summed E-state index contributed by atoms with van der Waals surface area (Å²) in [5.74, 6) is 1.88. The number of hydrogen-bond donors (Lipinski definition) is 0. The molecule has 1 fully saturated rings. The molecule has 0 N–H and O–H groups in total. The number of ether oxygens (including phenoxy) is 1. The Balaban J connectivity index is 1.86. The fraction of sp³-hybridized carbons (Fsp3) is 0.462. The molecule has 1 aliphatic heterocycles. The third kappa shape index (κ3) is 2.38. The largest absolute Gasteiger partial charge is 0.381 e. The Labute approximate surface area is 109 Å². The highest BCUT2D eigenvalue weighted by atomic mass is 79.9. The van der Waals surface area contributed by atoms with Crippen molar-refractivity contribution < 1.29 is 4.74 Å². The zero-order valence-electron chi connectivity index (χ0n) is 9.60. The van der Waals surface area contributed by atoms with E-state index >= 15 is 0 Å². The smallest absolute Gasteiger partial charge is 0.113 e. The first-order chi connectivity index (χ1) is 8.33. The first-order valence-corrected chi connectivity index (χ1v) is 6.81. The van der Waals surface area contributed by atoms with Crippen LogP contribution in [0.1, 0.15) is 18.7 Å². The molecular weight excluding hydrogens is 280 g/mol. The molecule has 3 nitrogen and oxygen atoms in total. The van der Waals surface area contributed by atoms with Gasteiger partial charge in [-0.2, -0.15) is 0 Å². The standard InChI is InChI=1S/C13H15BrN2O/c14-11-1-2-12-8-15-13(16(12)9-11)7-10-3-5-17-6-4-10/h1-2,8-10H,3-7H2. The van der Waals surface area contributed by atoms with Gasteiger partial charge in [-0.25, -0.2) is 4.98 Å². The predicted octanol–water partition coefficient (Wildman–Crippen LogP) is 3.07. The Bertz CT molecular complexity index is 517. The number of nitrogens with zero attached hydrogens (tertiary/aromatic N) is 2. The van der Waals surface area contributed by atoms with Gasteiger partial charge in [-0.1, -0.05) is 0 Å². The van der Waals surface area contributed by atoms with Crippen LogP contribution < -0.4 is 0 Å². The number of aromatic nitrogens is 2. The van der Waals surface area contributed by atoms with Crippen LogP contribution in [0, 0.1) is 5.92 Å². The van der Waals surface area contributed by atoms with Crippen LogP contribution in [0.2, 0.25) is 0 Å². The average Bonchev–Trinajstić information content (AvgIpc) is 2.73. The molecule has 0 aromatic carbocycles. The molecule has 0 spiro atoms. The third-order valence-electron chi connectivity index (χ3n) is 3.38. The van der Waals surface area contributed by atoms with Gasteiger partial charge in [0.1, 0.15) is 5.82 Å². The molecule has 17 heavy (non-hydrogen) atoms. The van der Waals surface area contributed by atoms with Crippen LogP contribution in [0.25, 0.3) is 5.52 Å². The number of hydrogen-bond acceptors (Lipinski definition) is 2. The van der Waals surface area contributed by atoms with Crippen molar-refractivity contribution in [3.8, 4) is 0 Å². The van der Waals surface area contributed by atoms with Crippen molar-refractivity contribution in [1.29, 1.82) is 0 Å². The van der Waals surface area contributed by atoms with E-state index in [1.807, 2.05) is 6.20 Å². The molecule has 0 aliphatic carbocycles. The summed E-state index contributed by atoms with van der Waals surface area (Å²) >= 11 is 3.51. The molecule has 0 atom stereocenters. The van der Waals surface area contributed by atoms with Gasteiger partial charge in [-0.05, 0) is 46.8 Å². The average molecular weight is 295 g/mol. The first-order valence-electron chi connectivity index (χ1n) is 6.02. The van der Waals surface area contributed by atoms with Crippen LogP contribution in [0.5, 0.6) is 0 Å². The zero-order valence-corrected chi connectivity index (χ0v) is 11.2. The third-order valence-corrected chi connectivity index (χ3v) is 3.85. The summed E-state index contributed by atoms with van der Waals surface area (Å²) < 4.78 is 8.66. The molecule has 2 aromatic rings. The molecular formula is C13H15BrN2O. The number of fused-ring (bicyclic) bond motifs is 1. The Kier molecular flexibility index (Phi) is 3.16. The van der Waals surface area contributed by atoms with Crippen molar-refractivity contribution in [2.75, 3.05) is 13.2 Å². The van der Waals surface area contributed by atoms with Crippen LogP contribution in [0.3, 0.4) is 0 Å². The molecule has 4 heteroatoms. The Morgan fingerprint density at radius 3 is 3.00 bits per heavy atom. The fourth-order valence-electron chi connectivity index (χ4n) is 2.38. The monoisotopic (exact) mass is 294 g/mol. The van der Waals surface area contributed by atoms with Gasteiger partial charge in [-0.15, -0.1) is 0 Å². The molecule has 3 rings (SSSR count). The lowest BCUT2D eigenvalue weighted by atomic mass is 9.96. The van der Waals surface area contributed by atoms with Gasteiger partial charge >= 0.3 is 0 Å². The van der Waals surface area contributed by atoms with E-state index in [1.165, 1.54) is 0 Å². The van der Waals surface area contributed by atoms with Crippen LogP contribution >= 0.6 is 15.9 Å². The number of halogens is 1. The maximum atomic E-state index is 5.39. The van der Waals surface area contributed by atoms with E-state index in [-0.39, 0.29) is 0 Å². The van der Waals surface area contributed by atoms with E-state index < -0.39 is 0 Å². The van der Waals surface area contributed by atoms with Crippen molar-refractivity contribution in [3.63, 3.8) is 0 Å². The second-order valence-electron chi connectivity index (χ2n) is 4.58. The number of imidazole rings is 1. The van der Waals surface area contributed by atoms with Crippen molar-refractivity contribution in [1.82, 2.24) is 9.38 Å². The van der Waals surface area contributed by atoms with E-state index in [0.29, 0.717) is 5.92 Å². The van der Waals surface area contributed by atoms with Crippen LogP contribution in [0.15, 0.2) is 29.0 Å². The molecule has 1 saturated heterocycles. The molecule has 0 bridgehead atoms. The lowest BCUT2D eigenvalue weighted by Gasteiger charge is -2.21. The Morgan fingerprint density at radius 2 is 2.18 bits per heavy atom. The lowest BCUT2D eigenvalue weighted by molar-refractivity contribution is 0.0659. The van der Waals surface area contributed by atoms with Crippen molar-refractivity contribution in [2.45, 2.75) is 19.3 Å². The summed E-state index contributed by atoms with van der Waals surface area (Å²) in [4.78, 5) is 4.53. The van der Waals surface area contributed by atoms with E-state index in [0.717, 1.165) is 48.3 Å². The van der Waals surface area contributed by atoms with Crippen molar-refractivity contribution >= 4 is 21.4 Å². The second-order valence-corrected chi connectivity index (χ2v) is 5.49. The van der Waals surface area contributed by atoms with E-state index in [1.54, 1.807) is 0 Å². The zero-order chi connectivity index (χ0) is 11.7. The molecule has 0 saturated carbocycles. The second kappa shape index (κ2) is 4.78. The van der Waals surface area contributed by atoms with Crippen LogP contribution in [-0.4, -0.2) is 22.6 Å².